The number of hydrogen-bond acceptors (Lipinski definition) is 2. The van der Waals surface area contributed by atoms with Crippen molar-refractivity contribution in [2.75, 3.05) is 18.5 Å². The summed E-state index contributed by atoms with van der Waals surface area (Å²) in [4.78, 5) is 0. The third kappa shape index (κ3) is 4.86. The van der Waals surface area contributed by atoms with Gasteiger partial charge in [0.1, 0.15) is 12.4 Å². The molecule has 0 heterocycles. The number of ether oxygens (including phenoxy) is 1. The van der Waals surface area contributed by atoms with Gasteiger partial charge in [-0.05, 0) is 42.5 Å². The Morgan fingerprint density at radius 1 is 1.05 bits per heavy atom. The molecule has 0 aromatic heterocycles. The van der Waals surface area contributed by atoms with Crippen LogP contribution in [0.3, 0.4) is 0 Å². The van der Waals surface area contributed by atoms with Crippen LogP contribution in [0.4, 0.5) is 18.9 Å². The van der Waals surface area contributed by atoms with E-state index in [1.807, 2.05) is 12.1 Å². The van der Waals surface area contributed by atoms with Gasteiger partial charge in [0, 0.05) is 17.3 Å². The van der Waals surface area contributed by atoms with E-state index in [-0.39, 0.29) is 12.4 Å². The molecule has 0 unspecified atom stereocenters. The van der Waals surface area contributed by atoms with Crippen molar-refractivity contribution >= 4 is 17.3 Å². The second-order valence-corrected chi connectivity index (χ2v) is 4.74. The molecule has 2 aromatic carbocycles. The normalized spacial score (nSPS) is 11.2. The van der Waals surface area contributed by atoms with Crippen molar-refractivity contribution in [1.29, 1.82) is 0 Å². The average molecular weight is 316 g/mol. The maximum absolute atomic E-state index is 12.5. The Hall–Kier alpha value is -1.88. The maximum atomic E-state index is 12.5. The molecule has 0 aliphatic heterocycles. The van der Waals surface area contributed by atoms with E-state index >= 15 is 0 Å². The Kier molecular flexibility index (Phi) is 4.96. The Labute approximate surface area is 125 Å². The smallest absolute Gasteiger partial charge is 0.416 e. The van der Waals surface area contributed by atoms with Crippen LogP contribution in [0.15, 0.2) is 48.5 Å². The summed E-state index contributed by atoms with van der Waals surface area (Å²) in [5.74, 6) is 0.197. The fourth-order valence-corrected chi connectivity index (χ4v) is 1.82. The first-order valence-electron chi connectivity index (χ1n) is 6.25. The molecule has 112 valence electrons. The van der Waals surface area contributed by atoms with E-state index in [1.54, 1.807) is 12.1 Å². The average Bonchev–Trinajstić information content (AvgIpc) is 2.45. The second-order valence-electron chi connectivity index (χ2n) is 4.31. The molecule has 0 saturated carbocycles. The van der Waals surface area contributed by atoms with Crippen LogP contribution in [0.2, 0.25) is 5.02 Å². The van der Waals surface area contributed by atoms with Crippen molar-refractivity contribution in [2.24, 2.45) is 0 Å². The van der Waals surface area contributed by atoms with E-state index in [9.17, 15) is 13.2 Å². The van der Waals surface area contributed by atoms with Crippen LogP contribution in [-0.4, -0.2) is 13.2 Å². The van der Waals surface area contributed by atoms with Crippen molar-refractivity contribution in [3.05, 3.63) is 59.1 Å². The number of alkyl halides is 3. The summed E-state index contributed by atoms with van der Waals surface area (Å²) in [6.07, 6.45) is -4.36. The van der Waals surface area contributed by atoms with Gasteiger partial charge < -0.3 is 10.1 Å². The van der Waals surface area contributed by atoms with Crippen LogP contribution in [-0.2, 0) is 6.18 Å². The lowest BCUT2D eigenvalue weighted by molar-refractivity contribution is -0.137. The molecule has 6 heteroatoms. The van der Waals surface area contributed by atoms with Crippen LogP contribution in [0, 0.1) is 0 Å². The lowest BCUT2D eigenvalue weighted by Crippen LogP contribution is -2.12. The van der Waals surface area contributed by atoms with Gasteiger partial charge in [0.2, 0.25) is 0 Å². The molecule has 0 atom stereocenters. The summed E-state index contributed by atoms with van der Waals surface area (Å²) >= 11 is 5.76. The lowest BCUT2D eigenvalue weighted by Gasteiger charge is -2.11. The van der Waals surface area contributed by atoms with Crippen LogP contribution in [0.5, 0.6) is 5.75 Å². The zero-order valence-electron chi connectivity index (χ0n) is 11.0. The third-order valence-corrected chi connectivity index (χ3v) is 2.96. The first kappa shape index (κ1) is 15.5. The Balaban J connectivity index is 1.82. The van der Waals surface area contributed by atoms with Gasteiger partial charge in [-0.25, -0.2) is 0 Å². The predicted molar refractivity (Wildman–Crippen MR) is 76.9 cm³/mol. The number of rotatable bonds is 5. The van der Waals surface area contributed by atoms with Gasteiger partial charge in [-0.2, -0.15) is 13.2 Å². The molecule has 0 aliphatic rings. The monoisotopic (exact) mass is 315 g/mol. The molecule has 2 rings (SSSR count). The Morgan fingerprint density at radius 3 is 2.43 bits per heavy atom. The maximum Gasteiger partial charge on any atom is 0.416 e. The topological polar surface area (TPSA) is 21.3 Å². The number of benzene rings is 2. The number of anilines is 1. The van der Waals surface area contributed by atoms with E-state index < -0.39 is 11.7 Å². The summed E-state index contributed by atoms with van der Waals surface area (Å²) in [6, 6.07) is 11.9. The Morgan fingerprint density at radius 2 is 1.76 bits per heavy atom. The highest BCUT2D eigenvalue weighted by molar-refractivity contribution is 6.30. The lowest BCUT2D eigenvalue weighted by atomic mass is 10.2. The number of nitrogens with one attached hydrogen (secondary N) is 1. The zero-order valence-corrected chi connectivity index (χ0v) is 11.7. The van der Waals surface area contributed by atoms with Crippen molar-refractivity contribution in [2.45, 2.75) is 6.18 Å². The predicted octanol–water partition coefficient (Wildman–Crippen LogP) is 4.85. The second kappa shape index (κ2) is 6.72. The quantitative estimate of drug-likeness (QED) is 0.796. The summed E-state index contributed by atoms with van der Waals surface area (Å²) in [7, 11) is 0. The van der Waals surface area contributed by atoms with Crippen molar-refractivity contribution < 1.29 is 17.9 Å². The molecule has 0 aliphatic carbocycles. The molecule has 0 amide bonds. The van der Waals surface area contributed by atoms with Gasteiger partial charge in [-0.15, -0.1) is 0 Å². The Bertz CT molecular complexity index is 584. The number of hydrogen-bond donors (Lipinski definition) is 1. The highest BCUT2D eigenvalue weighted by atomic mass is 35.5. The molecule has 2 aromatic rings. The van der Waals surface area contributed by atoms with Gasteiger partial charge in [0.15, 0.2) is 0 Å². The molecular formula is C15H13ClF3NO. The van der Waals surface area contributed by atoms with Gasteiger partial charge in [0.05, 0.1) is 5.56 Å². The van der Waals surface area contributed by atoms with E-state index in [0.717, 1.165) is 17.8 Å². The standard InChI is InChI=1S/C15H13ClF3NO/c16-12-4-6-13(7-5-12)20-8-9-21-14-3-1-2-11(10-14)15(17,18)19/h1-7,10,20H,8-9H2. The highest BCUT2D eigenvalue weighted by Gasteiger charge is 2.30. The minimum Gasteiger partial charge on any atom is -0.492 e. The zero-order chi connectivity index (χ0) is 15.3. The summed E-state index contributed by atoms with van der Waals surface area (Å²) in [5, 5.41) is 3.72. The van der Waals surface area contributed by atoms with E-state index in [1.165, 1.54) is 12.1 Å². The fraction of sp³-hybridized carbons (Fsp3) is 0.200. The van der Waals surface area contributed by atoms with E-state index in [2.05, 4.69) is 5.32 Å². The highest BCUT2D eigenvalue weighted by Crippen LogP contribution is 2.31. The van der Waals surface area contributed by atoms with Gasteiger partial charge in [-0.1, -0.05) is 17.7 Å². The third-order valence-electron chi connectivity index (χ3n) is 2.71. The summed E-state index contributed by atoms with van der Waals surface area (Å²) in [6.45, 7) is 0.724. The van der Waals surface area contributed by atoms with Gasteiger partial charge in [-0.3, -0.25) is 0 Å². The van der Waals surface area contributed by atoms with Crippen LogP contribution in [0.1, 0.15) is 5.56 Å². The summed E-state index contributed by atoms with van der Waals surface area (Å²) in [5.41, 5.74) is 0.151. The van der Waals surface area contributed by atoms with Crippen molar-refractivity contribution in [3.8, 4) is 5.75 Å². The molecule has 0 bridgehead atoms. The van der Waals surface area contributed by atoms with Crippen LogP contribution < -0.4 is 10.1 Å². The van der Waals surface area contributed by atoms with Crippen molar-refractivity contribution in [1.82, 2.24) is 0 Å². The fourth-order valence-electron chi connectivity index (χ4n) is 1.69. The SMILES string of the molecule is FC(F)(F)c1cccc(OCCNc2ccc(Cl)cc2)c1. The van der Waals surface area contributed by atoms with Crippen molar-refractivity contribution in [3.63, 3.8) is 0 Å². The molecule has 0 radical (unpaired) electrons. The summed E-state index contributed by atoms with van der Waals surface area (Å²) < 4.78 is 42.9. The van der Waals surface area contributed by atoms with E-state index in [0.29, 0.717) is 11.6 Å². The minimum absolute atomic E-state index is 0.197. The first-order valence-corrected chi connectivity index (χ1v) is 6.62. The molecule has 21 heavy (non-hydrogen) atoms. The van der Waals surface area contributed by atoms with Crippen LogP contribution in [0.25, 0.3) is 0 Å². The molecule has 0 spiro atoms. The minimum atomic E-state index is -4.36. The van der Waals surface area contributed by atoms with Gasteiger partial charge in [0.25, 0.3) is 0 Å². The molecule has 0 fully saturated rings. The molecule has 1 N–H and O–H groups in total. The largest absolute Gasteiger partial charge is 0.492 e. The molecule has 0 saturated heterocycles. The first-order chi connectivity index (χ1) is 9.95. The molecular weight excluding hydrogens is 303 g/mol. The number of halogens is 4. The van der Waals surface area contributed by atoms with Gasteiger partial charge >= 0.3 is 6.18 Å². The molecule has 2 nitrogen and oxygen atoms in total. The van der Waals surface area contributed by atoms with E-state index in [4.69, 9.17) is 16.3 Å². The van der Waals surface area contributed by atoms with Crippen LogP contribution >= 0.6 is 11.6 Å².